The molecule has 2 atom stereocenters. The maximum atomic E-state index is 11.5. The Bertz CT molecular complexity index is 227. The molecule has 13 heavy (non-hydrogen) atoms. The number of urea groups is 1. The summed E-state index contributed by atoms with van der Waals surface area (Å²) in [5.74, 6) is -0.0646. The number of amides is 3. The van der Waals surface area contributed by atoms with Crippen molar-refractivity contribution >= 4 is 11.9 Å². The monoisotopic (exact) mass is 185 g/mol. The van der Waals surface area contributed by atoms with Crippen molar-refractivity contribution in [3.8, 4) is 0 Å². The third-order valence-corrected chi connectivity index (χ3v) is 2.15. The normalized spacial score (nSPS) is 26.5. The van der Waals surface area contributed by atoms with Crippen molar-refractivity contribution in [2.24, 2.45) is 0 Å². The second-order valence-corrected chi connectivity index (χ2v) is 3.34. The van der Waals surface area contributed by atoms with Gasteiger partial charge >= 0.3 is 6.03 Å². The average molecular weight is 185 g/mol. The molecular formula is C8H15N3O2. The van der Waals surface area contributed by atoms with E-state index in [0.29, 0.717) is 0 Å². The number of hydrogen-bond acceptors (Lipinski definition) is 2. The summed E-state index contributed by atoms with van der Waals surface area (Å²) >= 11 is 0. The Hall–Kier alpha value is -1.26. The first-order chi connectivity index (χ1) is 6.06. The van der Waals surface area contributed by atoms with Crippen molar-refractivity contribution in [2.45, 2.75) is 25.4 Å². The number of carbonyl (C=O) groups is 2. The van der Waals surface area contributed by atoms with E-state index in [1.807, 2.05) is 6.92 Å². The molecule has 3 amide bonds. The van der Waals surface area contributed by atoms with Gasteiger partial charge in [-0.05, 0) is 6.42 Å². The molecule has 5 heteroatoms. The number of carbonyl (C=O) groups excluding carboxylic acids is 2. The molecular weight excluding hydrogens is 170 g/mol. The summed E-state index contributed by atoms with van der Waals surface area (Å²) in [6.45, 7) is 1.94. The van der Waals surface area contributed by atoms with Crippen LogP contribution in [0.4, 0.5) is 4.79 Å². The number of rotatable bonds is 2. The summed E-state index contributed by atoms with van der Waals surface area (Å²) in [5, 5.41) is 5.29. The van der Waals surface area contributed by atoms with E-state index in [1.165, 1.54) is 4.90 Å². The Balaban J connectivity index is 2.68. The molecule has 1 heterocycles. The third kappa shape index (κ3) is 1.91. The van der Waals surface area contributed by atoms with Crippen LogP contribution in [0.25, 0.3) is 0 Å². The molecule has 0 aliphatic carbocycles. The second kappa shape index (κ2) is 3.64. The van der Waals surface area contributed by atoms with Crippen LogP contribution in [0.5, 0.6) is 0 Å². The molecule has 1 fully saturated rings. The minimum atomic E-state index is -0.410. The van der Waals surface area contributed by atoms with E-state index >= 15 is 0 Å². The van der Waals surface area contributed by atoms with Crippen LogP contribution in [0.15, 0.2) is 0 Å². The molecule has 1 aliphatic heterocycles. The van der Waals surface area contributed by atoms with Crippen LogP contribution in [0.1, 0.15) is 13.3 Å². The minimum absolute atomic E-state index is 0.0646. The van der Waals surface area contributed by atoms with Crippen LogP contribution < -0.4 is 10.6 Å². The summed E-state index contributed by atoms with van der Waals surface area (Å²) in [6.07, 6.45) is 0.753. The summed E-state index contributed by atoms with van der Waals surface area (Å²) in [7, 11) is 3.36. The molecule has 0 radical (unpaired) electrons. The zero-order chi connectivity index (χ0) is 10.0. The molecule has 5 nitrogen and oxygen atoms in total. The van der Waals surface area contributed by atoms with Gasteiger partial charge in [-0.3, -0.25) is 4.79 Å². The number of likely N-dealkylation sites (N-methyl/N-ethyl adjacent to an activating group) is 1. The van der Waals surface area contributed by atoms with Gasteiger partial charge in [-0.1, -0.05) is 6.92 Å². The van der Waals surface area contributed by atoms with Gasteiger partial charge in [0.25, 0.3) is 0 Å². The van der Waals surface area contributed by atoms with Crippen molar-refractivity contribution < 1.29 is 9.59 Å². The molecule has 74 valence electrons. The van der Waals surface area contributed by atoms with Gasteiger partial charge in [0.15, 0.2) is 0 Å². The van der Waals surface area contributed by atoms with Crippen molar-refractivity contribution in [1.82, 2.24) is 15.5 Å². The Morgan fingerprint density at radius 3 is 2.54 bits per heavy atom. The standard InChI is InChI=1S/C8H15N3O2/c1-4-5-6(7(12)11(2)3)10-8(13)9-5/h5-6H,4H2,1-3H3,(H2,9,10,13). The highest BCUT2D eigenvalue weighted by Gasteiger charge is 2.36. The van der Waals surface area contributed by atoms with Crippen molar-refractivity contribution in [2.75, 3.05) is 14.1 Å². The van der Waals surface area contributed by atoms with Gasteiger partial charge in [-0.25, -0.2) is 4.79 Å². The lowest BCUT2D eigenvalue weighted by Gasteiger charge is -2.19. The molecule has 2 unspecified atom stereocenters. The average Bonchev–Trinajstić information content (AvgIpc) is 2.45. The van der Waals surface area contributed by atoms with Crippen molar-refractivity contribution in [3.05, 3.63) is 0 Å². The zero-order valence-corrected chi connectivity index (χ0v) is 8.13. The first-order valence-corrected chi connectivity index (χ1v) is 4.34. The van der Waals surface area contributed by atoms with Gasteiger partial charge in [0.2, 0.25) is 5.91 Å². The maximum absolute atomic E-state index is 11.5. The van der Waals surface area contributed by atoms with Crippen LogP contribution in [0.2, 0.25) is 0 Å². The minimum Gasteiger partial charge on any atom is -0.347 e. The molecule has 1 rings (SSSR count). The van der Waals surface area contributed by atoms with Crippen LogP contribution in [0, 0.1) is 0 Å². The number of hydrogen-bond donors (Lipinski definition) is 2. The van der Waals surface area contributed by atoms with Gasteiger partial charge in [-0.2, -0.15) is 0 Å². The summed E-state index contributed by atoms with van der Waals surface area (Å²) < 4.78 is 0. The van der Waals surface area contributed by atoms with Crippen molar-refractivity contribution in [1.29, 1.82) is 0 Å². The van der Waals surface area contributed by atoms with E-state index in [2.05, 4.69) is 10.6 Å². The van der Waals surface area contributed by atoms with Crippen LogP contribution in [-0.4, -0.2) is 43.0 Å². The number of nitrogens with one attached hydrogen (secondary N) is 2. The van der Waals surface area contributed by atoms with Gasteiger partial charge in [-0.15, -0.1) is 0 Å². The Kier molecular flexibility index (Phi) is 2.75. The molecule has 1 aliphatic rings. The topological polar surface area (TPSA) is 61.4 Å². The molecule has 2 N–H and O–H groups in total. The highest BCUT2D eigenvalue weighted by atomic mass is 16.2. The van der Waals surface area contributed by atoms with Crippen LogP contribution in [-0.2, 0) is 4.79 Å². The predicted octanol–water partition coefficient (Wildman–Crippen LogP) is -0.465. The van der Waals surface area contributed by atoms with Gasteiger partial charge in [0.05, 0.1) is 6.04 Å². The summed E-state index contributed by atoms with van der Waals surface area (Å²) in [6, 6.07) is -0.748. The zero-order valence-electron chi connectivity index (χ0n) is 8.13. The fourth-order valence-corrected chi connectivity index (χ4v) is 1.38. The van der Waals surface area contributed by atoms with Gasteiger partial charge in [0.1, 0.15) is 6.04 Å². The molecule has 0 aromatic heterocycles. The SMILES string of the molecule is CCC1NC(=O)NC1C(=O)N(C)C. The Labute approximate surface area is 77.5 Å². The molecule has 1 saturated heterocycles. The smallest absolute Gasteiger partial charge is 0.315 e. The number of nitrogens with zero attached hydrogens (tertiary/aromatic N) is 1. The highest BCUT2D eigenvalue weighted by Crippen LogP contribution is 2.07. The Morgan fingerprint density at radius 1 is 1.46 bits per heavy atom. The fourth-order valence-electron chi connectivity index (χ4n) is 1.38. The van der Waals surface area contributed by atoms with Gasteiger partial charge < -0.3 is 15.5 Å². The van der Waals surface area contributed by atoms with E-state index in [4.69, 9.17) is 0 Å². The first-order valence-electron chi connectivity index (χ1n) is 4.34. The Morgan fingerprint density at radius 2 is 2.08 bits per heavy atom. The molecule has 0 aromatic rings. The van der Waals surface area contributed by atoms with E-state index in [-0.39, 0.29) is 18.0 Å². The van der Waals surface area contributed by atoms with Gasteiger partial charge in [0, 0.05) is 14.1 Å². The van der Waals surface area contributed by atoms with E-state index in [9.17, 15) is 9.59 Å². The van der Waals surface area contributed by atoms with E-state index < -0.39 is 6.04 Å². The molecule has 0 saturated carbocycles. The van der Waals surface area contributed by atoms with Crippen LogP contribution in [0.3, 0.4) is 0 Å². The summed E-state index contributed by atoms with van der Waals surface area (Å²) in [4.78, 5) is 24.0. The first kappa shape index (κ1) is 9.83. The van der Waals surface area contributed by atoms with E-state index in [0.717, 1.165) is 6.42 Å². The lowest BCUT2D eigenvalue weighted by molar-refractivity contribution is -0.130. The molecule has 0 aromatic carbocycles. The quantitative estimate of drug-likeness (QED) is 0.611. The lowest BCUT2D eigenvalue weighted by Crippen LogP contribution is -2.46. The van der Waals surface area contributed by atoms with E-state index in [1.54, 1.807) is 14.1 Å². The van der Waals surface area contributed by atoms with Crippen molar-refractivity contribution in [3.63, 3.8) is 0 Å². The highest BCUT2D eigenvalue weighted by molar-refractivity contribution is 5.91. The second-order valence-electron chi connectivity index (χ2n) is 3.34. The third-order valence-electron chi connectivity index (χ3n) is 2.15. The predicted molar refractivity (Wildman–Crippen MR) is 48.2 cm³/mol. The largest absolute Gasteiger partial charge is 0.347 e. The van der Waals surface area contributed by atoms with Crippen LogP contribution >= 0.6 is 0 Å². The molecule has 0 spiro atoms. The fraction of sp³-hybridized carbons (Fsp3) is 0.750. The maximum Gasteiger partial charge on any atom is 0.315 e. The molecule has 0 bridgehead atoms. The lowest BCUT2D eigenvalue weighted by atomic mass is 10.1. The summed E-state index contributed by atoms with van der Waals surface area (Å²) in [5.41, 5.74) is 0.